The van der Waals surface area contributed by atoms with Crippen molar-refractivity contribution in [2.75, 3.05) is 19.7 Å². The number of hydrogen-bond donors (Lipinski definition) is 1. The molecule has 2 fully saturated rings. The highest BCUT2D eigenvalue weighted by atomic mass is 35.5. The van der Waals surface area contributed by atoms with Crippen LogP contribution >= 0.6 is 24.2 Å². The third kappa shape index (κ3) is 5.41. The van der Waals surface area contributed by atoms with Crippen molar-refractivity contribution in [1.29, 1.82) is 0 Å². The largest absolute Gasteiger partial charge is 0.392 e. The SMILES string of the molecule is CC(=O)SC1CCN(C(C(=O)C2CC2)c2ccccc2F)C/C1=C/CO.Cl. The molecule has 7 heteroatoms. The first-order valence-corrected chi connectivity index (χ1v) is 9.88. The maximum atomic E-state index is 14.5. The zero-order valence-corrected chi connectivity index (χ0v) is 16.9. The molecule has 3 rings (SSSR count). The van der Waals surface area contributed by atoms with Crippen molar-refractivity contribution < 1.29 is 19.1 Å². The minimum absolute atomic E-state index is 0. The Hall–Kier alpha value is -1.21. The van der Waals surface area contributed by atoms with Crippen molar-refractivity contribution in [1.82, 2.24) is 4.90 Å². The van der Waals surface area contributed by atoms with Gasteiger partial charge in [-0.15, -0.1) is 12.4 Å². The molecule has 148 valence electrons. The van der Waals surface area contributed by atoms with E-state index in [2.05, 4.69) is 0 Å². The van der Waals surface area contributed by atoms with Crippen LogP contribution < -0.4 is 0 Å². The van der Waals surface area contributed by atoms with Gasteiger partial charge in [0.25, 0.3) is 0 Å². The monoisotopic (exact) mass is 413 g/mol. The zero-order chi connectivity index (χ0) is 18.7. The molecule has 2 unspecified atom stereocenters. The van der Waals surface area contributed by atoms with Crippen molar-refractivity contribution >= 4 is 35.1 Å². The number of nitrogens with zero attached hydrogens (tertiary/aromatic N) is 1. The molecule has 1 aromatic rings. The van der Waals surface area contributed by atoms with Gasteiger partial charge in [0.15, 0.2) is 10.9 Å². The summed E-state index contributed by atoms with van der Waals surface area (Å²) in [4.78, 5) is 26.4. The second-order valence-electron chi connectivity index (χ2n) is 6.92. The van der Waals surface area contributed by atoms with Gasteiger partial charge in [0.1, 0.15) is 5.82 Å². The fraction of sp³-hybridized carbons (Fsp3) is 0.500. The van der Waals surface area contributed by atoms with E-state index in [9.17, 15) is 19.1 Å². The molecule has 0 radical (unpaired) electrons. The lowest BCUT2D eigenvalue weighted by Gasteiger charge is -2.38. The van der Waals surface area contributed by atoms with Crippen molar-refractivity contribution in [3.63, 3.8) is 0 Å². The first kappa shape index (κ1) is 22.1. The Bertz CT molecular complexity index is 723. The maximum Gasteiger partial charge on any atom is 0.186 e. The summed E-state index contributed by atoms with van der Waals surface area (Å²) in [7, 11) is 0. The molecule has 0 bridgehead atoms. The van der Waals surface area contributed by atoms with Crippen LogP contribution in [0.15, 0.2) is 35.9 Å². The number of carbonyl (C=O) groups is 2. The third-order valence-electron chi connectivity index (χ3n) is 4.95. The Morgan fingerprint density at radius 1 is 1.33 bits per heavy atom. The number of Topliss-reactive ketones (excluding diaryl/α,β-unsaturated/α-hetero) is 1. The minimum atomic E-state index is -0.603. The predicted octanol–water partition coefficient (Wildman–Crippen LogP) is 3.54. The Labute approximate surface area is 169 Å². The summed E-state index contributed by atoms with van der Waals surface area (Å²) in [5, 5.41) is 9.39. The quantitative estimate of drug-likeness (QED) is 0.723. The molecule has 2 atom stereocenters. The average molecular weight is 414 g/mol. The van der Waals surface area contributed by atoms with Crippen LogP contribution in [-0.2, 0) is 9.59 Å². The van der Waals surface area contributed by atoms with Gasteiger partial charge in [-0.1, -0.05) is 36.0 Å². The molecule has 1 saturated carbocycles. The molecule has 0 amide bonds. The van der Waals surface area contributed by atoms with Crippen LogP contribution in [0.4, 0.5) is 4.39 Å². The maximum absolute atomic E-state index is 14.5. The van der Waals surface area contributed by atoms with Gasteiger partial charge in [-0.2, -0.15) is 0 Å². The number of aliphatic hydroxyl groups excluding tert-OH is 1. The summed E-state index contributed by atoms with van der Waals surface area (Å²) in [5.74, 6) is -0.260. The fourth-order valence-electron chi connectivity index (χ4n) is 3.57. The first-order valence-electron chi connectivity index (χ1n) is 9.00. The van der Waals surface area contributed by atoms with E-state index >= 15 is 0 Å². The van der Waals surface area contributed by atoms with E-state index < -0.39 is 6.04 Å². The van der Waals surface area contributed by atoms with Crippen molar-refractivity contribution in [2.45, 2.75) is 37.5 Å². The second kappa shape index (κ2) is 9.82. The number of benzene rings is 1. The molecule has 1 aliphatic heterocycles. The van der Waals surface area contributed by atoms with Crippen molar-refractivity contribution in [3.8, 4) is 0 Å². The fourth-order valence-corrected chi connectivity index (χ4v) is 4.52. The van der Waals surface area contributed by atoms with Gasteiger partial charge in [0, 0.05) is 36.7 Å². The normalized spacial score (nSPS) is 22.9. The Morgan fingerprint density at radius 3 is 2.63 bits per heavy atom. The molecule has 27 heavy (non-hydrogen) atoms. The summed E-state index contributed by atoms with van der Waals surface area (Å²) in [6.45, 7) is 2.50. The van der Waals surface area contributed by atoms with E-state index in [1.165, 1.54) is 24.8 Å². The number of ketones is 1. The predicted molar refractivity (Wildman–Crippen MR) is 108 cm³/mol. The Balaban J connectivity index is 0.00000261. The lowest BCUT2D eigenvalue weighted by atomic mass is 9.93. The van der Waals surface area contributed by atoms with Crippen LogP contribution in [0, 0.1) is 11.7 Å². The Kier molecular flexibility index (Phi) is 8.04. The van der Waals surface area contributed by atoms with Gasteiger partial charge in [0.05, 0.1) is 12.6 Å². The highest BCUT2D eigenvalue weighted by Crippen LogP contribution is 2.40. The number of thioether (sulfide) groups is 1. The molecule has 0 spiro atoms. The average Bonchev–Trinajstić information content (AvgIpc) is 3.44. The summed E-state index contributed by atoms with van der Waals surface area (Å²) < 4.78 is 14.5. The summed E-state index contributed by atoms with van der Waals surface area (Å²) in [6, 6.07) is 5.87. The standard InChI is InChI=1S/C20H24FNO3S.ClH/c1-13(24)26-18-8-10-22(12-15(18)9-11-23)19(20(25)14-6-7-14)16-4-2-3-5-17(16)21;/h2-5,9,14,18-19,23H,6-8,10-12H2,1H3;1H/b15-9-;. The van der Waals surface area contributed by atoms with Crippen LogP contribution in [0.5, 0.6) is 0 Å². The molecule has 0 aromatic heterocycles. The van der Waals surface area contributed by atoms with Crippen LogP contribution in [0.3, 0.4) is 0 Å². The van der Waals surface area contributed by atoms with E-state index in [0.29, 0.717) is 25.1 Å². The number of rotatable bonds is 6. The van der Waals surface area contributed by atoms with Crippen LogP contribution in [0.2, 0.25) is 0 Å². The number of halogens is 2. The lowest BCUT2D eigenvalue weighted by Crippen LogP contribution is -2.43. The molecular formula is C20H25ClFNO3S. The zero-order valence-electron chi connectivity index (χ0n) is 15.3. The summed E-state index contributed by atoms with van der Waals surface area (Å²) >= 11 is 1.26. The highest BCUT2D eigenvalue weighted by Gasteiger charge is 2.41. The molecule has 1 heterocycles. The number of likely N-dealkylation sites (tertiary alicyclic amines) is 1. The number of piperidine rings is 1. The lowest BCUT2D eigenvalue weighted by molar-refractivity contribution is -0.126. The first-order chi connectivity index (χ1) is 12.5. The molecule has 2 aliphatic rings. The van der Waals surface area contributed by atoms with Crippen molar-refractivity contribution in [3.05, 3.63) is 47.3 Å². The molecule has 1 aliphatic carbocycles. The van der Waals surface area contributed by atoms with E-state index in [-0.39, 0.29) is 46.9 Å². The minimum Gasteiger partial charge on any atom is -0.392 e. The third-order valence-corrected chi connectivity index (χ3v) is 6.11. The summed E-state index contributed by atoms with van der Waals surface area (Å²) in [6.07, 6.45) is 4.16. The van der Waals surface area contributed by atoms with E-state index in [1.807, 2.05) is 4.90 Å². The van der Waals surface area contributed by atoms with Crippen molar-refractivity contribution in [2.24, 2.45) is 5.92 Å². The van der Waals surface area contributed by atoms with Gasteiger partial charge >= 0.3 is 0 Å². The van der Waals surface area contributed by atoms with E-state index in [0.717, 1.165) is 18.4 Å². The highest BCUT2D eigenvalue weighted by molar-refractivity contribution is 8.14. The molecule has 1 saturated heterocycles. The smallest absolute Gasteiger partial charge is 0.186 e. The Morgan fingerprint density at radius 2 is 2.04 bits per heavy atom. The summed E-state index contributed by atoms with van der Waals surface area (Å²) in [5.41, 5.74) is 1.36. The van der Waals surface area contributed by atoms with Gasteiger partial charge in [-0.05, 0) is 30.9 Å². The number of hydrogen-bond acceptors (Lipinski definition) is 5. The van der Waals surface area contributed by atoms with E-state index in [1.54, 1.807) is 24.3 Å². The molecule has 1 N–H and O–H groups in total. The van der Waals surface area contributed by atoms with Gasteiger partial charge in [-0.25, -0.2) is 4.39 Å². The van der Waals surface area contributed by atoms with Gasteiger partial charge in [-0.3, -0.25) is 14.5 Å². The van der Waals surface area contributed by atoms with Crippen LogP contribution in [-0.4, -0.2) is 45.9 Å². The van der Waals surface area contributed by atoms with Crippen LogP contribution in [0.25, 0.3) is 0 Å². The van der Waals surface area contributed by atoms with Gasteiger partial charge < -0.3 is 5.11 Å². The molecular weight excluding hydrogens is 389 g/mol. The number of aliphatic hydroxyl groups is 1. The number of carbonyl (C=O) groups excluding carboxylic acids is 2. The molecule has 1 aromatic carbocycles. The van der Waals surface area contributed by atoms with Gasteiger partial charge in [0.2, 0.25) is 0 Å². The molecule has 4 nitrogen and oxygen atoms in total. The topological polar surface area (TPSA) is 57.6 Å². The second-order valence-corrected chi connectivity index (χ2v) is 8.30. The van der Waals surface area contributed by atoms with E-state index in [4.69, 9.17) is 0 Å². The van der Waals surface area contributed by atoms with Crippen LogP contribution in [0.1, 0.15) is 37.8 Å².